The highest BCUT2D eigenvalue weighted by molar-refractivity contribution is 7.47. The molecular formula is C20H18NOP. The smallest absolute Gasteiger partial charge is 0.128 e. The van der Waals surface area contributed by atoms with Crippen molar-refractivity contribution in [2.45, 2.75) is 0 Å². The summed E-state index contributed by atoms with van der Waals surface area (Å²) >= 11 is 0. The molecule has 0 aliphatic heterocycles. The van der Waals surface area contributed by atoms with Gasteiger partial charge in [-0.3, -0.25) is 0 Å². The zero-order chi connectivity index (χ0) is 15.8. The first-order valence-corrected chi connectivity index (χ1v) is 9.18. The molecule has 0 aliphatic carbocycles. The van der Waals surface area contributed by atoms with Crippen molar-refractivity contribution in [3.63, 3.8) is 0 Å². The monoisotopic (exact) mass is 319 g/mol. The number of nitrogens with zero attached hydrogens (tertiary/aromatic N) is 1. The van der Waals surface area contributed by atoms with Gasteiger partial charge in [0.15, 0.2) is 0 Å². The first kappa shape index (κ1) is 14.3. The topological polar surface area (TPSA) is 14.2 Å². The molecule has 0 N–H and O–H groups in total. The predicted molar refractivity (Wildman–Crippen MR) is 101 cm³/mol. The number of fused-ring (bicyclic) bond motifs is 3. The molecule has 1 heterocycles. The molecule has 1 unspecified atom stereocenters. The van der Waals surface area contributed by atoms with Gasteiger partial charge in [-0.1, -0.05) is 51.0 Å². The van der Waals surface area contributed by atoms with Crippen LogP contribution in [-0.4, -0.2) is 18.3 Å². The van der Waals surface area contributed by atoms with Crippen molar-refractivity contribution >= 4 is 35.7 Å². The molecule has 0 amide bonds. The predicted octanol–water partition coefficient (Wildman–Crippen LogP) is 4.73. The van der Waals surface area contributed by atoms with Crippen LogP contribution in [0, 0.1) is 0 Å². The third-order valence-electron chi connectivity index (χ3n) is 4.30. The van der Waals surface area contributed by atoms with Crippen LogP contribution in [0.5, 0.6) is 5.75 Å². The van der Waals surface area contributed by atoms with E-state index in [-0.39, 0.29) is 0 Å². The van der Waals surface area contributed by atoms with Crippen molar-refractivity contribution in [3.05, 3.63) is 66.7 Å². The molecule has 3 heteroatoms. The molecule has 0 fully saturated rings. The lowest BCUT2D eigenvalue weighted by Gasteiger charge is -2.15. The summed E-state index contributed by atoms with van der Waals surface area (Å²) in [5.41, 5.74) is 3.69. The molecule has 1 aromatic heterocycles. The molecule has 4 aromatic rings. The van der Waals surface area contributed by atoms with E-state index in [4.69, 9.17) is 4.74 Å². The number of hydrogen-bond acceptors (Lipinski definition) is 1. The van der Waals surface area contributed by atoms with Crippen molar-refractivity contribution in [1.29, 1.82) is 0 Å². The van der Waals surface area contributed by atoms with E-state index in [9.17, 15) is 0 Å². The molecule has 0 aliphatic rings. The van der Waals surface area contributed by atoms with E-state index in [0.29, 0.717) is 8.58 Å². The minimum Gasteiger partial charge on any atom is -0.496 e. The first-order valence-electron chi connectivity index (χ1n) is 7.68. The molecule has 114 valence electrons. The third kappa shape index (κ3) is 2.14. The van der Waals surface area contributed by atoms with E-state index in [1.165, 1.54) is 32.8 Å². The van der Waals surface area contributed by atoms with Crippen molar-refractivity contribution in [2.75, 3.05) is 13.8 Å². The van der Waals surface area contributed by atoms with Gasteiger partial charge in [-0.15, -0.1) is 0 Å². The summed E-state index contributed by atoms with van der Waals surface area (Å²) in [6, 6.07) is 23.5. The number of aromatic nitrogens is 1. The summed E-state index contributed by atoms with van der Waals surface area (Å²) in [6.45, 7) is 2.20. The van der Waals surface area contributed by atoms with Gasteiger partial charge in [0, 0.05) is 16.1 Å². The Bertz CT molecular complexity index is 950. The summed E-state index contributed by atoms with van der Waals surface area (Å²) in [7, 11) is 2.41. The second-order valence-electron chi connectivity index (χ2n) is 5.47. The van der Waals surface area contributed by atoms with Crippen LogP contribution in [-0.2, 0) is 0 Å². The van der Waals surface area contributed by atoms with Crippen LogP contribution in [0.2, 0.25) is 0 Å². The Morgan fingerprint density at radius 1 is 0.783 bits per heavy atom. The fourth-order valence-electron chi connectivity index (χ4n) is 3.31. The lowest BCUT2D eigenvalue weighted by Crippen LogP contribution is -2.10. The van der Waals surface area contributed by atoms with Crippen LogP contribution in [0.15, 0.2) is 66.7 Å². The van der Waals surface area contributed by atoms with Crippen molar-refractivity contribution in [1.82, 2.24) is 4.57 Å². The summed E-state index contributed by atoms with van der Waals surface area (Å²) in [5, 5.41) is 3.84. The van der Waals surface area contributed by atoms with Crippen LogP contribution in [0.4, 0.5) is 0 Å². The van der Waals surface area contributed by atoms with E-state index in [1.807, 2.05) is 6.07 Å². The second-order valence-corrected chi connectivity index (χ2v) is 6.47. The van der Waals surface area contributed by atoms with E-state index in [0.717, 1.165) is 5.75 Å². The van der Waals surface area contributed by atoms with Crippen LogP contribution in [0.1, 0.15) is 0 Å². The van der Waals surface area contributed by atoms with Gasteiger partial charge >= 0.3 is 0 Å². The van der Waals surface area contributed by atoms with Gasteiger partial charge < -0.3 is 9.30 Å². The van der Waals surface area contributed by atoms with Gasteiger partial charge in [-0.25, -0.2) is 0 Å². The van der Waals surface area contributed by atoms with Gasteiger partial charge in [0.25, 0.3) is 0 Å². The number of benzene rings is 3. The van der Waals surface area contributed by atoms with Gasteiger partial charge in [0.05, 0.1) is 23.8 Å². The summed E-state index contributed by atoms with van der Waals surface area (Å²) in [5.74, 6) is 0.963. The molecule has 4 rings (SSSR count). The van der Waals surface area contributed by atoms with E-state index >= 15 is 0 Å². The Morgan fingerprint density at radius 2 is 1.39 bits per heavy atom. The second kappa shape index (κ2) is 5.72. The number of rotatable bonds is 3. The SMILES string of the molecule is COc1cccc(-n2c3ccccc3c3ccccc32)c1PC. The fraction of sp³-hybridized carbons (Fsp3) is 0.100. The minimum atomic E-state index is 0.669. The van der Waals surface area contributed by atoms with Crippen molar-refractivity contribution in [3.8, 4) is 11.4 Å². The molecule has 2 nitrogen and oxygen atoms in total. The average Bonchev–Trinajstić information content (AvgIpc) is 2.95. The lowest BCUT2D eigenvalue weighted by molar-refractivity contribution is 0.418. The number of para-hydroxylation sites is 2. The van der Waals surface area contributed by atoms with Gasteiger partial charge in [0.1, 0.15) is 5.75 Å². The van der Waals surface area contributed by atoms with Crippen LogP contribution in [0.3, 0.4) is 0 Å². The minimum absolute atomic E-state index is 0.669. The van der Waals surface area contributed by atoms with Gasteiger partial charge in [-0.2, -0.15) is 0 Å². The summed E-state index contributed by atoms with van der Waals surface area (Å²) in [4.78, 5) is 0. The molecule has 3 aromatic carbocycles. The highest BCUT2D eigenvalue weighted by Crippen LogP contribution is 2.33. The number of methoxy groups -OCH3 is 1. The maximum Gasteiger partial charge on any atom is 0.128 e. The van der Waals surface area contributed by atoms with Crippen LogP contribution < -0.4 is 10.0 Å². The van der Waals surface area contributed by atoms with E-state index < -0.39 is 0 Å². The Hall–Kier alpha value is -2.31. The average molecular weight is 319 g/mol. The zero-order valence-corrected chi connectivity index (χ0v) is 14.2. The van der Waals surface area contributed by atoms with Gasteiger partial charge in [-0.05, 0) is 30.9 Å². The molecule has 0 bridgehead atoms. The fourth-order valence-corrected chi connectivity index (χ4v) is 4.19. The zero-order valence-electron chi connectivity index (χ0n) is 13.2. The Kier molecular flexibility index (Phi) is 3.55. The summed E-state index contributed by atoms with van der Waals surface area (Å²) in [6.07, 6.45) is 0. The Labute approximate surface area is 137 Å². The molecule has 0 radical (unpaired) electrons. The standard InChI is InChI=1S/C20H18NOP/c1-22-19-13-7-12-18(20(19)23-2)21-16-10-5-3-8-14(16)15-9-4-6-11-17(15)21/h3-13,23H,1-2H3. The lowest BCUT2D eigenvalue weighted by atomic mass is 10.2. The third-order valence-corrected chi connectivity index (χ3v) is 5.30. The number of ether oxygens (including phenoxy) is 1. The number of hydrogen-bond donors (Lipinski definition) is 0. The largest absolute Gasteiger partial charge is 0.496 e. The summed E-state index contributed by atoms with van der Waals surface area (Å²) < 4.78 is 7.95. The normalized spacial score (nSPS) is 11.7. The maximum atomic E-state index is 5.59. The molecule has 0 spiro atoms. The Balaban J connectivity index is 2.17. The van der Waals surface area contributed by atoms with Gasteiger partial charge in [0.2, 0.25) is 0 Å². The Morgan fingerprint density at radius 3 is 1.96 bits per heavy atom. The molecule has 0 saturated carbocycles. The van der Waals surface area contributed by atoms with Crippen LogP contribution >= 0.6 is 8.58 Å². The van der Waals surface area contributed by atoms with Crippen LogP contribution in [0.25, 0.3) is 27.5 Å². The highest BCUT2D eigenvalue weighted by atomic mass is 31.1. The maximum absolute atomic E-state index is 5.59. The molecule has 0 saturated heterocycles. The van der Waals surface area contributed by atoms with Crippen molar-refractivity contribution < 1.29 is 4.74 Å². The quantitative estimate of drug-likeness (QED) is 0.498. The molecular weight excluding hydrogens is 301 g/mol. The first-order chi connectivity index (χ1) is 11.3. The molecule has 23 heavy (non-hydrogen) atoms. The molecule has 1 atom stereocenters. The van der Waals surface area contributed by atoms with Crippen molar-refractivity contribution in [2.24, 2.45) is 0 Å². The van der Waals surface area contributed by atoms with E-state index in [2.05, 4.69) is 71.9 Å². The highest BCUT2D eigenvalue weighted by Gasteiger charge is 2.15. The van der Waals surface area contributed by atoms with E-state index in [1.54, 1.807) is 7.11 Å².